The van der Waals surface area contributed by atoms with E-state index in [2.05, 4.69) is 16.5 Å². The highest BCUT2D eigenvalue weighted by Crippen LogP contribution is 2.23. The molecular weight excluding hydrogens is 268 g/mol. The molecule has 0 fully saturated rings. The summed E-state index contributed by atoms with van der Waals surface area (Å²) in [5.41, 5.74) is 13.1. The highest BCUT2D eigenvalue weighted by atomic mass is 16.5. The van der Waals surface area contributed by atoms with Crippen molar-refractivity contribution in [2.75, 3.05) is 12.3 Å². The predicted octanol–water partition coefficient (Wildman–Crippen LogP) is 1.78. The van der Waals surface area contributed by atoms with Gasteiger partial charge in [-0.2, -0.15) is 0 Å². The standard InChI is InChI=1S/C15H16N4O2/c1-9(2)8-21-11-5-3-4-10(6-11)12-7-13(14(16)20)19-15(17)18-12/h3-7H,1,8H2,2H3,(H2,16,20)(H2,17,18,19). The SMILES string of the molecule is C=C(C)COc1cccc(-c2cc(C(N)=O)nc(N)n2)c1. The molecular formula is C15H16N4O2. The first-order valence-electron chi connectivity index (χ1n) is 6.27. The number of carbonyl (C=O) groups excluding carboxylic acids is 1. The first kappa shape index (κ1) is 14.5. The highest BCUT2D eigenvalue weighted by Gasteiger charge is 2.09. The van der Waals surface area contributed by atoms with Crippen LogP contribution in [0.3, 0.4) is 0 Å². The molecule has 21 heavy (non-hydrogen) atoms. The highest BCUT2D eigenvalue weighted by molar-refractivity contribution is 5.92. The number of aromatic nitrogens is 2. The fraction of sp³-hybridized carbons (Fsp3) is 0.133. The van der Waals surface area contributed by atoms with Gasteiger partial charge in [0.15, 0.2) is 0 Å². The molecule has 0 atom stereocenters. The van der Waals surface area contributed by atoms with E-state index in [0.717, 1.165) is 11.1 Å². The molecule has 2 aromatic rings. The molecule has 0 aliphatic carbocycles. The summed E-state index contributed by atoms with van der Waals surface area (Å²) in [5, 5.41) is 0. The smallest absolute Gasteiger partial charge is 0.267 e. The minimum atomic E-state index is -0.653. The first-order valence-corrected chi connectivity index (χ1v) is 6.27. The lowest BCUT2D eigenvalue weighted by Gasteiger charge is -2.08. The summed E-state index contributed by atoms with van der Waals surface area (Å²) in [7, 11) is 0. The van der Waals surface area contributed by atoms with Crippen LogP contribution in [0, 0.1) is 0 Å². The average Bonchev–Trinajstić information content (AvgIpc) is 2.44. The molecule has 6 nitrogen and oxygen atoms in total. The van der Waals surface area contributed by atoms with Crippen molar-refractivity contribution in [3.63, 3.8) is 0 Å². The second-order valence-corrected chi connectivity index (χ2v) is 4.63. The van der Waals surface area contributed by atoms with E-state index in [-0.39, 0.29) is 11.6 Å². The molecule has 0 aliphatic rings. The average molecular weight is 284 g/mol. The van der Waals surface area contributed by atoms with Gasteiger partial charge < -0.3 is 16.2 Å². The first-order chi connectivity index (χ1) is 9.95. The maximum absolute atomic E-state index is 11.2. The van der Waals surface area contributed by atoms with Crippen LogP contribution < -0.4 is 16.2 Å². The lowest BCUT2D eigenvalue weighted by atomic mass is 10.1. The van der Waals surface area contributed by atoms with Gasteiger partial charge in [-0.05, 0) is 30.7 Å². The summed E-state index contributed by atoms with van der Waals surface area (Å²) >= 11 is 0. The third-order valence-electron chi connectivity index (χ3n) is 2.61. The zero-order valence-electron chi connectivity index (χ0n) is 11.7. The molecule has 1 heterocycles. The summed E-state index contributed by atoms with van der Waals surface area (Å²) in [5.74, 6) is 0.0166. The second kappa shape index (κ2) is 6.04. The monoisotopic (exact) mass is 284 g/mol. The van der Waals surface area contributed by atoms with Gasteiger partial charge in [0.1, 0.15) is 18.1 Å². The van der Waals surface area contributed by atoms with Gasteiger partial charge >= 0.3 is 0 Å². The zero-order valence-corrected chi connectivity index (χ0v) is 11.7. The number of amides is 1. The van der Waals surface area contributed by atoms with E-state index in [9.17, 15) is 4.79 Å². The van der Waals surface area contributed by atoms with E-state index < -0.39 is 5.91 Å². The lowest BCUT2D eigenvalue weighted by Crippen LogP contribution is -2.15. The lowest BCUT2D eigenvalue weighted by molar-refractivity contribution is 0.0995. The number of anilines is 1. The summed E-state index contributed by atoms with van der Waals surface area (Å²) in [6, 6.07) is 8.78. The summed E-state index contributed by atoms with van der Waals surface area (Å²) in [6.07, 6.45) is 0. The number of nitrogens with zero attached hydrogens (tertiary/aromatic N) is 2. The summed E-state index contributed by atoms with van der Waals surface area (Å²) < 4.78 is 5.57. The van der Waals surface area contributed by atoms with Crippen molar-refractivity contribution >= 4 is 11.9 Å². The Labute approximate surface area is 122 Å². The van der Waals surface area contributed by atoms with E-state index in [1.807, 2.05) is 25.1 Å². The Morgan fingerprint density at radius 3 is 2.76 bits per heavy atom. The van der Waals surface area contributed by atoms with Crippen LogP contribution in [0.15, 0.2) is 42.5 Å². The van der Waals surface area contributed by atoms with Crippen LogP contribution in [0.2, 0.25) is 0 Å². The number of rotatable bonds is 5. The number of nitrogen functional groups attached to an aromatic ring is 1. The fourth-order valence-corrected chi connectivity index (χ4v) is 1.69. The number of carbonyl (C=O) groups is 1. The van der Waals surface area contributed by atoms with Gasteiger partial charge in [-0.15, -0.1) is 0 Å². The van der Waals surface area contributed by atoms with E-state index in [1.165, 1.54) is 6.07 Å². The molecule has 2 rings (SSSR count). The molecule has 108 valence electrons. The summed E-state index contributed by atoms with van der Waals surface area (Å²) in [4.78, 5) is 19.1. The van der Waals surface area contributed by atoms with Crippen LogP contribution in [0.1, 0.15) is 17.4 Å². The van der Waals surface area contributed by atoms with E-state index in [4.69, 9.17) is 16.2 Å². The van der Waals surface area contributed by atoms with Gasteiger partial charge in [0, 0.05) is 5.56 Å². The van der Waals surface area contributed by atoms with Gasteiger partial charge in [0.2, 0.25) is 5.95 Å². The van der Waals surface area contributed by atoms with Crippen LogP contribution in [0.25, 0.3) is 11.3 Å². The molecule has 1 aromatic heterocycles. The molecule has 0 spiro atoms. The van der Waals surface area contributed by atoms with Crippen LogP contribution in [-0.2, 0) is 0 Å². The van der Waals surface area contributed by atoms with Crippen molar-refractivity contribution in [2.45, 2.75) is 6.92 Å². The maximum atomic E-state index is 11.2. The Hall–Kier alpha value is -2.89. The molecule has 0 saturated heterocycles. The zero-order chi connectivity index (χ0) is 15.4. The maximum Gasteiger partial charge on any atom is 0.267 e. The van der Waals surface area contributed by atoms with Crippen LogP contribution in [-0.4, -0.2) is 22.5 Å². The number of hydrogen-bond donors (Lipinski definition) is 2. The molecule has 0 bridgehead atoms. The Morgan fingerprint density at radius 1 is 1.33 bits per heavy atom. The molecule has 0 aliphatic heterocycles. The van der Waals surface area contributed by atoms with Gasteiger partial charge in [-0.25, -0.2) is 9.97 Å². The Balaban J connectivity index is 2.35. The van der Waals surface area contributed by atoms with Crippen LogP contribution >= 0.6 is 0 Å². The van der Waals surface area contributed by atoms with Gasteiger partial charge in [-0.3, -0.25) is 4.79 Å². The van der Waals surface area contributed by atoms with Crippen molar-refractivity contribution in [1.82, 2.24) is 9.97 Å². The normalized spacial score (nSPS) is 10.1. The Bertz CT molecular complexity index is 698. The van der Waals surface area contributed by atoms with Crippen LogP contribution in [0.4, 0.5) is 5.95 Å². The molecule has 0 unspecified atom stereocenters. The molecule has 0 saturated carbocycles. The van der Waals surface area contributed by atoms with Crippen molar-refractivity contribution in [2.24, 2.45) is 5.73 Å². The largest absolute Gasteiger partial charge is 0.489 e. The minimum absolute atomic E-state index is 0.00504. The molecule has 1 amide bonds. The fourth-order valence-electron chi connectivity index (χ4n) is 1.69. The Morgan fingerprint density at radius 2 is 2.10 bits per heavy atom. The summed E-state index contributed by atoms with van der Waals surface area (Å²) in [6.45, 7) is 6.10. The molecule has 1 aromatic carbocycles. The van der Waals surface area contributed by atoms with Gasteiger partial charge in [0.25, 0.3) is 5.91 Å². The van der Waals surface area contributed by atoms with E-state index in [0.29, 0.717) is 18.1 Å². The van der Waals surface area contributed by atoms with Crippen molar-refractivity contribution in [3.8, 4) is 17.0 Å². The quantitative estimate of drug-likeness (QED) is 0.814. The number of benzene rings is 1. The van der Waals surface area contributed by atoms with E-state index in [1.54, 1.807) is 6.07 Å². The molecule has 6 heteroatoms. The second-order valence-electron chi connectivity index (χ2n) is 4.63. The third kappa shape index (κ3) is 3.79. The van der Waals surface area contributed by atoms with Crippen molar-refractivity contribution in [3.05, 3.63) is 48.2 Å². The van der Waals surface area contributed by atoms with Crippen LogP contribution in [0.5, 0.6) is 5.75 Å². The number of nitrogens with two attached hydrogens (primary N) is 2. The van der Waals surface area contributed by atoms with E-state index >= 15 is 0 Å². The predicted molar refractivity (Wildman–Crippen MR) is 80.7 cm³/mol. The Kier molecular flexibility index (Phi) is 4.18. The third-order valence-corrected chi connectivity index (χ3v) is 2.61. The van der Waals surface area contributed by atoms with Crippen molar-refractivity contribution in [1.29, 1.82) is 0 Å². The van der Waals surface area contributed by atoms with Gasteiger partial charge in [0.05, 0.1) is 5.69 Å². The number of ether oxygens (including phenoxy) is 1. The topological polar surface area (TPSA) is 104 Å². The van der Waals surface area contributed by atoms with Gasteiger partial charge in [-0.1, -0.05) is 18.7 Å². The molecule has 0 radical (unpaired) electrons. The minimum Gasteiger partial charge on any atom is -0.489 e. The molecule has 4 N–H and O–H groups in total. The van der Waals surface area contributed by atoms with Crippen molar-refractivity contribution < 1.29 is 9.53 Å². The number of hydrogen-bond acceptors (Lipinski definition) is 5. The number of primary amides is 1.